The van der Waals surface area contributed by atoms with Crippen molar-refractivity contribution in [1.82, 2.24) is 15.4 Å². The van der Waals surface area contributed by atoms with Crippen LogP contribution in [0.25, 0.3) is 0 Å². The third kappa shape index (κ3) is 4.52. The molecule has 17 heavy (non-hydrogen) atoms. The van der Waals surface area contributed by atoms with Crippen molar-refractivity contribution in [3.05, 3.63) is 11.4 Å². The molecular weight excluding hydrogens is 220 g/mol. The summed E-state index contributed by atoms with van der Waals surface area (Å²) in [6.07, 6.45) is 0.456. The molecule has 0 spiro atoms. The number of ether oxygens (including phenoxy) is 1. The van der Waals surface area contributed by atoms with Gasteiger partial charge in [-0.15, -0.1) is 5.10 Å². The fraction of sp³-hybridized carbons (Fsp3) is 0.727. The minimum atomic E-state index is -0.550. The number of nitrogens with one attached hydrogen (secondary N) is 1. The second-order valence-corrected chi connectivity index (χ2v) is 5.79. The molecule has 96 valence electrons. The van der Waals surface area contributed by atoms with E-state index in [1.54, 1.807) is 20.8 Å². The summed E-state index contributed by atoms with van der Waals surface area (Å²) in [4.78, 5) is 11.8. The molecule has 0 saturated carbocycles. The Kier molecular flexibility index (Phi) is 3.56. The van der Waals surface area contributed by atoms with Gasteiger partial charge in [0.25, 0.3) is 0 Å². The van der Waals surface area contributed by atoms with Gasteiger partial charge < -0.3 is 10.5 Å². The van der Waals surface area contributed by atoms with Gasteiger partial charge >= 0.3 is 5.97 Å². The van der Waals surface area contributed by atoms with Gasteiger partial charge in [-0.25, -0.2) is 4.79 Å². The Morgan fingerprint density at radius 2 is 1.88 bits per heavy atom. The number of carbonyl (C=O) groups is 1. The monoisotopic (exact) mass is 240 g/mol. The number of nitrogens with two attached hydrogens (primary N) is 1. The lowest BCUT2D eigenvalue weighted by molar-refractivity contribution is 0.00614. The van der Waals surface area contributed by atoms with Gasteiger partial charge in [0.15, 0.2) is 5.69 Å². The minimum absolute atomic E-state index is 0.207. The van der Waals surface area contributed by atoms with Crippen LogP contribution >= 0.6 is 0 Å². The summed E-state index contributed by atoms with van der Waals surface area (Å²) < 4.78 is 5.24. The molecule has 3 N–H and O–H groups in total. The number of H-pyrrole nitrogens is 1. The van der Waals surface area contributed by atoms with Crippen molar-refractivity contribution >= 4 is 5.97 Å². The Hall–Kier alpha value is -1.43. The third-order valence-electron chi connectivity index (χ3n) is 1.84. The molecule has 6 nitrogen and oxygen atoms in total. The van der Waals surface area contributed by atoms with Gasteiger partial charge in [-0.2, -0.15) is 10.3 Å². The molecule has 0 radical (unpaired) electrons. The van der Waals surface area contributed by atoms with Crippen LogP contribution in [-0.4, -0.2) is 32.5 Å². The molecule has 0 amide bonds. The Balaban J connectivity index is 2.85. The maximum atomic E-state index is 11.8. The summed E-state index contributed by atoms with van der Waals surface area (Å²) in [7, 11) is 0. The molecule has 1 rings (SSSR count). The van der Waals surface area contributed by atoms with E-state index in [1.165, 1.54) is 0 Å². The normalized spacial score (nSPS) is 12.6. The summed E-state index contributed by atoms with van der Waals surface area (Å²) in [6, 6.07) is 0. The number of hydrogen-bond acceptors (Lipinski definition) is 5. The highest BCUT2D eigenvalue weighted by molar-refractivity contribution is 5.88. The Bertz CT molecular complexity index is 398. The lowest BCUT2D eigenvalue weighted by Gasteiger charge is -2.20. The van der Waals surface area contributed by atoms with E-state index >= 15 is 0 Å². The van der Waals surface area contributed by atoms with E-state index in [9.17, 15) is 4.79 Å². The number of nitrogens with zero attached hydrogens (tertiary/aromatic N) is 2. The second kappa shape index (κ2) is 4.44. The molecule has 1 aromatic heterocycles. The lowest BCUT2D eigenvalue weighted by atomic mass is 9.99. The highest BCUT2D eigenvalue weighted by atomic mass is 16.6. The van der Waals surface area contributed by atoms with Gasteiger partial charge in [0, 0.05) is 12.0 Å². The zero-order chi connectivity index (χ0) is 13.3. The van der Waals surface area contributed by atoms with E-state index in [2.05, 4.69) is 15.4 Å². The molecule has 0 aromatic carbocycles. The molecule has 0 bridgehead atoms. The van der Waals surface area contributed by atoms with Crippen molar-refractivity contribution in [3.63, 3.8) is 0 Å². The molecule has 0 aliphatic heterocycles. The molecule has 0 fully saturated rings. The molecule has 0 atom stereocenters. The molecule has 6 heteroatoms. The zero-order valence-electron chi connectivity index (χ0n) is 11.0. The lowest BCUT2D eigenvalue weighted by Crippen LogP contribution is -2.35. The van der Waals surface area contributed by atoms with E-state index in [-0.39, 0.29) is 5.69 Å². The molecular formula is C11H20N4O2. The summed E-state index contributed by atoms with van der Waals surface area (Å²) >= 11 is 0. The van der Waals surface area contributed by atoms with Crippen LogP contribution in [0.3, 0.4) is 0 Å². The quantitative estimate of drug-likeness (QED) is 0.770. The van der Waals surface area contributed by atoms with Gasteiger partial charge in [0.2, 0.25) is 0 Å². The van der Waals surface area contributed by atoms with Crippen LogP contribution in [-0.2, 0) is 11.2 Å². The van der Waals surface area contributed by atoms with Crippen LogP contribution in [0.5, 0.6) is 0 Å². The number of carbonyl (C=O) groups excluding carboxylic acids is 1. The maximum Gasteiger partial charge on any atom is 0.361 e. The molecule has 1 heterocycles. The van der Waals surface area contributed by atoms with E-state index in [1.807, 2.05) is 13.8 Å². The van der Waals surface area contributed by atoms with E-state index in [0.29, 0.717) is 12.1 Å². The van der Waals surface area contributed by atoms with E-state index in [4.69, 9.17) is 10.5 Å². The topological polar surface area (TPSA) is 93.9 Å². The number of esters is 1. The first kappa shape index (κ1) is 13.6. The standard InChI is InChI=1S/C11H20N4O2/c1-10(2,3)17-9(16)8-7(13-15-14-8)6-11(4,5)12/h6,12H2,1-5H3,(H,13,14,15). The largest absolute Gasteiger partial charge is 0.455 e. The second-order valence-electron chi connectivity index (χ2n) is 5.79. The van der Waals surface area contributed by atoms with Crippen molar-refractivity contribution in [3.8, 4) is 0 Å². The van der Waals surface area contributed by atoms with Gasteiger partial charge in [-0.1, -0.05) is 0 Å². The first-order valence-electron chi connectivity index (χ1n) is 5.50. The summed E-state index contributed by atoms with van der Waals surface area (Å²) in [5.74, 6) is -0.481. The number of rotatable bonds is 3. The SMILES string of the molecule is CC(C)(N)Cc1n[nH]nc1C(=O)OC(C)(C)C. The van der Waals surface area contributed by atoms with Gasteiger partial charge in [-0.3, -0.25) is 0 Å². The predicted molar refractivity (Wildman–Crippen MR) is 63.5 cm³/mol. The van der Waals surface area contributed by atoms with Crippen molar-refractivity contribution in [2.24, 2.45) is 5.73 Å². The maximum absolute atomic E-state index is 11.8. The fourth-order valence-electron chi connectivity index (χ4n) is 1.30. The number of hydrogen-bond donors (Lipinski definition) is 2. The van der Waals surface area contributed by atoms with Crippen LogP contribution in [0.1, 0.15) is 50.8 Å². The Morgan fingerprint density at radius 3 is 2.35 bits per heavy atom. The van der Waals surface area contributed by atoms with Crippen LogP contribution in [0.2, 0.25) is 0 Å². The smallest absolute Gasteiger partial charge is 0.361 e. The van der Waals surface area contributed by atoms with Crippen molar-refractivity contribution in [2.45, 2.75) is 52.2 Å². The number of aromatic nitrogens is 3. The molecule has 0 saturated heterocycles. The Morgan fingerprint density at radius 1 is 1.29 bits per heavy atom. The van der Waals surface area contributed by atoms with Crippen LogP contribution < -0.4 is 5.73 Å². The molecule has 0 aliphatic carbocycles. The van der Waals surface area contributed by atoms with Crippen molar-refractivity contribution in [1.29, 1.82) is 0 Å². The molecule has 0 aliphatic rings. The zero-order valence-corrected chi connectivity index (χ0v) is 11.0. The van der Waals surface area contributed by atoms with Crippen LogP contribution in [0.4, 0.5) is 0 Å². The van der Waals surface area contributed by atoms with Gasteiger partial charge in [0.1, 0.15) is 5.60 Å². The van der Waals surface area contributed by atoms with Crippen LogP contribution in [0, 0.1) is 0 Å². The summed E-state index contributed by atoms with van der Waals surface area (Å²) in [5.41, 5.74) is 5.63. The van der Waals surface area contributed by atoms with Gasteiger partial charge in [0.05, 0.1) is 5.69 Å². The van der Waals surface area contributed by atoms with E-state index < -0.39 is 17.1 Å². The summed E-state index contributed by atoms with van der Waals surface area (Å²) in [6.45, 7) is 9.13. The number of aromatic amines is 1. The van der Waals surface area contributed by atoms with Crippen molar-refractivity contribution < 1.29 is 9.53 Å². The molecule has 1 aromatic rings. The molecule has 0 unspecified atom stereocenters. The average Bonchev–Trinajstić information content (AvgIpc) is 2.45. The van der Waals surface area contributed by atoms with Gasteiger partial charge in [-0.05, 0) is 34.6 Å². The highest BCUT2D eigenvalue weighted by Gasteiger charge is 2.26. The van der Waals surface area contributed by atoms with E-state index in [0.717, 1.165) is 0 Å². The first-order valence-corrected chi connectivity index (χ1v) is 5.50. The fourth-order valence-corrected chi connectivity index (χ4v) is 1.30. The first-order chi connectivity index (χ1) is 7.58. The summed E-state index contributed by atoms with van der Waals surface area (Å²) in [5, 5.41) is 10.2. The minimum Gasteiger partial charge on any atom is -0.455 e. The highest BCUT2D eigenvalue weighted by Crippen LogP contribution is 2.15. The Labute approximate surface area is 101 Å². The third-order valence-corrected chi connectivity index (χ3v) is 1.84. The predicted octanol–water partition coefficient (Wildman–Crippen LogP) is 1.04. The van der Waals surface area contributed by atoms with Crippen LogP contribution in [0.15, 0.2) is 0 Å². The van der Waals surface area contributed by atoms with Crippen molar-refractivity contribution in [2.75, 3.05) is 0 Å². The average molecular weight is 240 g/mol.